The van der Waals surface area contributed by atoms with Gasteiger partial charge in [0.15, 0.2) is 0 Å². The van der Waals surface area contributed by atoms with Gasteiger partial charge >= 0.3 is 12.4 Å². The fourth-order valence-electron chi connectivity index (χ4n) is 3.85. The first-order valence-corrected chi connectivity index (χ1v) is 9.69. The molecule has 2 aromatic rings. The third kappa shape index (κ3) is 5.58. The lowest BCUT2D eigenvalue weighted by molar-refractivity contribution is -0.143. The fraction of sp³-hybridized carbons (Fsp3) is 0.455. The third-order valence-corrected chi connectivity index (χ3v) is 5.40. The summed E-state index contributed by atoms with van der Waals surface area (Å²) in [5.41, 5.74) is -2.16. The number of hydrogen-bond donors (Lipinski definition) is 1. The maximum atomic E-state index is 13.2. The molecule has 4 atom stereocenters. The molecule has 0 saturated carbocycles. The lowest BCUT2D eigenvalue weighted by atomic mass is 9.81. The lowest BCUT2D eigenvalue weighted by Gasteiger charge is -2.39. The molecule has 170 valence electrons. The summed E-state index contributed by atoms with van der Waals surface area (Å²) >= 11 is 0. The first kappa shape index (κ1) is 23.6. The van der Waals surface area contributed by atoms with Gasteiger partial charge in [-0.05, 0) is 36.2 Å². The van der Waals surface area contributed by atoms with E-state index in [1.54, 1.807) is 0 Å². The van der Waals surface area contributed by atoms with Crippen LogP contribution in [0.1, 0.15) is 41.2 Å². The number of alkyl halides is 6. The van der Waals surface area contributed by atoms with Crippen LogP contribution in [-0.2, 0) is 21.8 Å². The molecule has 9 heteroatoms. The molecule has 0 unspecified atom stereocenters. The van der Waals surface area contributed by atoms with Crippen molar-refractivity contribution >= 4 is 0 Å². The van der Waals surface area contributed by atoms with Crippen molar-refractivity contribution in [2.75, 3.05) is 19.8 Å². The summed E-state index contributed by atoms with van der Waals surface area (Å²) < 4.78 is 90.5. The Hall–Kier alpha value is -2.10. The van der Waals surface area contributed by atoms with E-state index >= 15 is 0 Å². The van der Waals surface area contributed by atoms with Gasteiger partial charge in [0.2, 0.25) is 0 Å². The smallest absolute Gasteiger partial charge is 0.396 e. The van der Waals surface area contributed by atoms with Crippen molar-refractivity contribution in [3.8, 4) is 0 Å². The van der Waals surface area contributed by atoms with E-state index in [2.05, 4.69) is 0 Å². The van der Waals surface area contributed by atoms with E-state index in [1.807, 2.05) is 30.3 Å². The Morgan fingerprint density at radius 2 is 1.55 bits per heavy atom. The first-order valence-electron chi connectivity index (χ1n) is 9.69. The second kappa shape index (κ2) is 9.18. The van der Waals surface area contributed by atoms with E-state index in [0.717, 1.165) is 5.56 Å². The summed E-state index contributed by atoms with van der Waals surface area (Å²) in [6.45, 7) is 1.58. The van der Waals surface area contributed by atoms with Gasteiger partial charge in [0.05, 0.1) is 36.5 Å². The standard InChI is InChI=1S/C22H22F6O3/c1-13(15-7-17(21(23,24)25)9-18(8-15)22(26,27)28)31-19-12-30-11-16(10-29)20(19)14-5-3-2-4-6-14/h2-9,13,16,19-20,29H,10-12H2,1H3/t13-,16-,19+,20-/m1/s1. The molecule has 0 bridgehead atoms. The molecule has 0 amide bonds. The number of aliphatic hydroxyl groups is 1. The third-order valence-electron chi connectivity index (χ3n) is 5.40. The normalized spacial score (nSPS) is 23.5. The average molecular weight is 448 g/mol. The summed E-state index contributed by atoms with van der Waals surface area (Å²) in [6, 6.07) is 10.5. The number of benzene rings is 2. The molecule has 1 fully saturated rings. The van der Waals surface area contributed by atoms with Gasteiger partial charge in [0, 0.05) is 18.4 Å². The highest BCUT2D eigenvalue weighted by atomic mass is 19.4. The highest BCUT2D eigenvalue weighted by molar-refractivity contribution is 5.35. The minimum absolute atomic E-state index is 0.0918. The lowest BCUT2D eigenvalue weighted by Crippen LogP contribution is -2.41. The first-order chi connectivity index (χ1) is 14.5. The summed E-state index contributed by atoms with van der Waals surface area (Å²) in [7, 11) is 0. The van der Waals surface area contributed by atoms with E-state index in [4.69, 9.17) is 9.47 Å². The Morgan fingerprint density at radius 1 is 0.968 bits per heavy atom. The number of ether oxygens (including phenoxy) is 2. The van der Waals surface area contributed by atoms with Gasteiger partial charge in [0.1, 0.15) is 0 Å². The van der Waals surface area contributed by atoms with Gasteiger partial charge in [-0.2, -0.15) is 26.3 Å². The molecule has 0 spiro atoms. The van der Waals surface area contributed by atoms with Gasteiger partial charge in [-0.15, -0.1) is 0 Å². The van der Waals surface area contributed by atoms with Crippen molar-refractivity contribution in [2.45, 2.75) is 37.4 Å². The van der Waals surface area contributed by atoms with E-state index < -0.39 is 35.7 Å². The number of rotatable bonds is 5. The monoisotopic (exact) mass is 448 g/mol. The second-order valence-electron chi connectivity index (χ2n) is 7.57. The van der Waals surface area contributed by atoms with Crippen molar-refractivity contribution in [1.82, 2.24) is 0 Å². The van der Waals surface area contributed by atoms with Crippen LogP contribution in [0.5, 0.6) is 0 Å². The van der Waals surface area contributed by atoms with Crippen LogP contribution >= 0.6 is 0 Å². The molecule has 1 saturated heterocycles. The van der Waals surface area contributed by atoms with E-state index in [1.165, 1.54) is 6.92 Å². The van der Waals surface area contributed by atoms with Gasteiger partial charge < -0.3 is 14.6 Å². The predicted molar refractivity (Wildman–Crippen MR) is 100 cm³/mol. The van der Waals surface area contributed by atoms with E-state index in [-0.39, 0.29) is 43.3 Å². The molecule has 0 radical (unpaired) electrons. The van der Waals surface area contributed by atoms with Crippen molar-refractivity contribution in [3.63, 3.8) is 0 Å². The molecule has 31 heavy (non-hydrogen) atoms. The maximum Gasteiger partial charge on any atom is 0.416 e. The second-order valence-corrected chi connectivity index (χ2v) is 7.57. The molecule has 3 nitrogen and oxygen atoms in total. The molecule has 0 aromatic heterocycles. The molecule has 1 aliphatic heterocycles. The summed E-state index contributed by atoms with van der Waals surface area (Å²) in [5, 5.41) is 9.76. The van der Waals surface area contributed by atoms with Gasteiger partial charge in [-0.3, -0.25) is 0 Å². The summed E-state index contributed by atoms with van der Waals surface area (Å²) in [4.78, 5) is 0. The summed E-state index contributed by atoms with van der Waals surface area (Å²) in [5.74, 6) is -0.643. The Bertz CT molecular complexity index is 834. The van der Waals surface area contributed by atoms with E-state index in [9.17, 15) is 31.4 Å². The fourth-order valence-corrected chi connectivity index (χ4v) is 3.85. The predicted octanol–water partition coefficient (Wildman–Crippen LogP) is 5.59. The van der Waals surface area contributed by atoms with Crippen LogP contribution in [0.3, 0.4) is 0 Å². The molecular formula is C22H22F6O3. The van der Waals surface area contributed by atoms with Crippen LogP contribution in [0.2, 0.25) is 0 Å². The Kier molecular flexibility index (Phi) is 6.98. The Morgan fingerprint density at radius 3 is 2.06 bits per heavy atom. The van der Waals surface area contributed by atoms with Gasteiger partial charge in [-0.1, -0.05) is 30.3 Å². The molecule has 0 aliphatic carbocycles. The quantitative estimate of drug-likeness (QED) is 0.606. The number of aliphatic hydroxyl groups excluding tert-OH is 1. The van der Waals surface area contributed by atoms with Crippen molar-refractivity contribution < 1.29 is 40.9 Å². The largest absolute Gasteiger partial charge is 0.416 e. The van der Waals surface area contributed by atoms with Crippen LogP contribution in [0.15, 0.2) is 48.5 Å². The van der Waals surface area contributed by atoms with Gasteiger partial charge in [0.25, 0.3) is 0 Å². The van der Waals surface area contributed by atoms with Gasteiger partial charge in [-0.25, -0.2) is 0 Å². The van der Waals surface area contributed by atoms with Crippen molar-refractivity contribution in [2.24, 2.45) is 5.92 Å². The molecule has 1 N–H and O–H groups in total. The van der Waals surface area contributed by atoms with Crippen LogP contribution in [0.25, 0.3) is 0 Å². The highest BCUT2D eigenvalue weighted by Crippen LogP contribution is 2.40. The van der Waals surface area contributed by atoms with E-state index in [0.29, 0.717) is 12.1 Å². The molecule has 1 heterocycles. The van der Waals surface area contributed by atoms with Crippen LogP contribution < -0.4 is 0 Å². The maximum absolute atomic E-state index is 13.2. The SMILES string of the molecule is C[C@@H](O[C@H]1COC[C@@H](CO)[C@H]1c1ccccc1)c1cc(C(F)(F)F)cc(C(F)(F)F)c1. The Labute approximate surface area is 175 Å². The zero-order valence-electron chi connectivity index (χ0n) is 16.6. The summed E-state index contributed by atoms with van der Waals surface area (Å²) in [6.07, 6.45) is -11.6. The topological polar surface area (TPSA) is 38.7 Å². The Balaban J connectivity index is 1.92. The molecule has 1 aliphatic rings. The molecule has 3 rings (SSSR count). The molecule has 2 aromatic carbocycles. The molecular weight excluding hydrogens is 426 g/mol. The van der Waals surface area contributed by atoms with Crippen LogP contribution in [0, 0.1) is 5.92 Å². The zero-order chi connectivity index (χ0) is 22.8. The van der Waals surface area contributed by atoms with Crippen molar-refractivity contribution in [3.05, 3.63) is 70.8 Å². The minimum atomic E-state index is -4.93. The number of halogens is 6. The zero-order valence-corrected chi connectivity index (χ0v) is 16.6. The average Bonchev–Trinajstić information content (AvgIpc) is 2.72. The van der Waals surface area contributed by atoms with Crippen LogP contribution in [-0.4, -0.2) is 31.0 Å². The highest BCUT2D eigenvalue weighted by Gasteiger charge is 2.39. The minimum Gasteiger partial charge on any atom is -0.396 e. The number of hydrogen-bond acceptors (Lipinski definition) is 3. The van der Waals surface area contributed by atoms with Crippen molar-refractivity contribution in [1.29, 1.82) is 0 Å². The van der Waals surface area contributed by atoms with Crippen LogP contribution in [0.4, 0.5) is 26.3 Å².